The lowest BCUT2D eigenvalue weighted by Crippen LogP contribution is -1.94. The molecule has 1 aromatic heterocycles. The zero-order chi connectivity index (χ0) is 10.6. The van der Waals surface area contributed by atoms with E-state index in [-0.39, 0.29) is 5.69 Å². The highest BCUT2D eigenvalue weighted by Gasteiger charge is 2.10. The van der Waals surface area contributed by atoms with Gasteiger partial charge in [-0.1, -0.05) is 21.9 Å². The molecule has 0 N–H and O–H groups in total. The van der Waals surface area contributed by atoms with Gasteiger partial charge in [0.15, 0.2) is 0 Å². The van der Waals surface area contributed by atoms with Crippen molar-refractivity contribution in [1.82, 2.24) is 4.98 Å². The Morgan fingerprint density at radius 2 is 2.43 bits per heavy atom. The van der Waals surface area contributed by atoms with Crippen LogP contribution in [0, 0.1) is 28.9 Å². The quantitative estimate of drug-likeness (QED) is 0.334. The molecule has 4 nitrogen and oxygen atoms in total. The lowest BCUT2D eigenvalue weighted by Gasteiger charge is -1.95. The van der Waals surface area contributed by atoms with E-state index in [2.05, 4.69) is 32.8 Å². The number of aromatic nitrogens is 1. The van der Waals surface area contributed by atoms with Crippen LogP contribution in [0.5, 0.6) is 0 Å². The number of nitrogens with zero attached hydrogens (tertiary/aromatic N) is 2. The van der Waals surface area contributed by atoms with Crippen LogP contribution in [0.4, 0.5) is 5.69 Å². The molecule has 0 bridgehead atoms. The van der Waals surface area contributed by atoms with Crippen molar-refractivity contribution in [3.8, 4) is 11.8 Å². The second kappa shape index (κ2) is 4.72. The molecule has 0 saturated heterocycles. The molecule has 0 aliphatic heterocycles. The monoisotopic (exact) mass is 254 g/mol. The van der Waals surface area contributed by atoms with Crippen LogP contribution in [0.1, 0.15) is 11.3 Å². The van der Waals surface area contributed by atoms with E-state index < -0.39 is 4.92 Å². The average Bonchev–Trinajstić information content (AvgIpc) is 2.14. The molecular weight excluding hydrogens is 248 g/mol. The number of nitro groups is 1. The Hall–Kier alpha value is -1.41. The third-order valence-corrected chi connectivity index (χ3v) is 1.84. The summed E-state index contributed by atoms with van der Waals surface area (Å²) in [6.45, 7) is 1.67. The first-order valence-corrected chi connectivity index (χ1v) is 4.93. The van der Waals surface area contributed by atoms with Gasteiger partial charge in [-0.15, -0.1) is 0 Å². The molecule has 72 valence electrons. The lowest BCUT2D eigenvalue weighted by molar-refractivity contribution is -0.385. The summed E-state index contributed by atoms with van der Waals surface area (Å²) in [4.78, 5) is 13.9. The summed E-state index contributed by atoms with van der Waals surface area (Å²) in [5, 5.41) is 11.0. The van der Waals surface area contributed by atoms with Gasteiger partial charge in [0.2, 0.25) is 0 Å². The molecule has 0 unspecified atom stereocenters. The molecule has 14 heavy (non-hydrogen) atoms. The smallest absolute Gasteiger partial charge is 0.258 e. The van der Waals surface area contributed by atoms with Gasteiger partial charge in [0.1, 0.15) is 11.9 Å². The van der Waals surface area contributed by atoms with E-state index in [1.807, 2.05) is 0 Å². The Morgan fingerprint density at radius 3 is 2.93 bits per heavy atom. The van der Waals surface area contributed by atoms with Crippen LogP contribution in [0.25, 0.3) is 0 Å². The van der Waals surface area contributed by atoms with Crippen LogP contribution in [0.15, 0.2) is 12.3 Å². The third kappa shape index (κ3) is 2.54. The zero-order valence-electron chi connectivity index (χ0n) is 7.45. The van der Waals surface area contributed by atoms with Gasteiger partial charge in [-0.3, -0.25) is 10.1 Å². The summed E-state index contributed by atoms with van der Waals surface area (Å²) in [6, 6.07) is 1.60. The fraction of sp³-hybridized carbons (Fsp3) is 0.222. The average molecular weight is 255 g/mol. The molecule has 0 aliphatic rings. The molecule has 0 fully saturated rings. The Bertz CT molecular complexity index is 421. The van der Waals surface area contributed by atoms with E-state index in [0.29, 0.717) is 16.6 Å². The molecule has 0 radical (unpaired) electrons. The molecule has 0 amide bonds. The number of halogens is 1. The Morgan fingerprint density at radius 1 is 1.71 bits per heavy atom. The van der Waals surface area contributed by atoms with Crippen molar-refractivity contribution in [3.05, 3.63) is 33.6 Å². The minimum absolute atomic E-state index is 0.0226. The summed E-state index contributed by atoms with van der Waals surface area (Å²) < 4.78 is 0. The van der Waals surface area contributed by atoms with Crippen LogP contribution < -0.4 is 0 Å². The minimum atomic E-state index is -0.454. The van der Waals surface area contributed by atoms with Gasteiger partial charge in [0.05, 0.1) is 10.3 Å². The van der Waals surface area contributed by atoms with E-state index in [9.17, 15) is 10.1 Å². The molecule has 0 aliphatic carbocycles. The van der Waals surface area contributed by atoms with Crippen LogP contribution in [0.3, 0.4) is 0 Å². The van der Waals surface area contributed by atoms with Gasteiger partial charge in [-0.2, -0.15) is 0 Å². The highest BCUT2D eigenvalue weighted by atomic mass is 79.9. The molecule has 0 atom stereocenters. The van der Waals surface area contributed by atoms with E-state index in [0.717, 1.165) is 0 Å². The second-order valence-electron chi connectivity index (χ2n) is 2.55. The maximum atomic E-state index is 10.5. The number of alkyl halides is 1. The molecular formula is C9H7BrN2O2. The zero-order valence-corrected chi connectivity index (χ0v) is 9.04. The molecule has 1 heterocycles. The van der Waals surface area contributed by atoms with Crippen LogP contribution in [-0.4, -0.2) is 15.2 Å². The normalized spacial score (nSPS) is 9.00. The van der Waals surface area contributed by atoms with Gasteiger partial charge < -0.3 is 0 Å². The largest absolute Gasteiger partial charge is 0.290 e. The van der Waals surface area contributed by atoms with Crippen molar-refractivity contribution in [2.75, 3.05) is 5.33 Å². The number of aryl methyl sites for hydroxylation is 1. The number of pyridine rings is 1. The highest BCUT2D eigenvalue weighted by Crippen LogP contribution is 2.15. The first-order valence-electron chi connectivity index (χ1n) is 3.81. The molecule has 5 heteroatoms. The Balaban J connectivity index is 3.06. The minimum Gasteiger partial charge on any atom is -0.258 e. The molecule has 0 saturated carbocycles. The summed E-state index contributed by atoms with van der Waals surface area (Å²) in [6.07, 6.45) is 1.23. The molecule has 0 aromatic carbocycles. The van der Waals surface area contributed by atoms with Crippen molar-refractivity contribution >= 4 is 21.6 Å². The van der Waals surface area contributed by atoms with Crippen molar-refractivity contribution in [2.45, 2.75) is 6.92 Å². The second-order valence-corrected chi connectivity index (χ2v) is 3.11. The maximum absolute atomic E-state index is 10.5. The first-order chi connectivity index (χ1) is 6.65. The lowest BCUT2D eigenvalue weighted by atomic mass is 10.2. The third-order valence-electron chi connectivity index (χ3n) is 1.56. The predicted octanol–water partition coefficient (Wildman–Crippen LogP) is 2.04. The SMILES string of the molecule is Cc1cc(C#CCBr)ncc1[N+](=O)[O-]. The fourth-order valence-electron chi connectivity index (χ4n) is 0.932. The van der Waals surface area contributed by atoms with E-state index in [4.69, 9.17) is 0 Å². The van der Waals surface area contributed by atoms with Gasteiger partial charge in [-0.25, -0.2) is 4.98 Å². The highest BCUT2D eigenvalue weighted by molar-refractivity contribution is 9.09. The molecule has 1 rings (SSSR count). The van der Waals surface area contributed by atoms with Crippen molar-refractivity contribution in [3.63, 3.8) is 0 Å². The standard InChI is InChI=1S/C9H7BrN2O2/c1-7-5-8(3-2-4-10)11-6-9(7)12(13)14/h5-6H,4H2,1H3. The summed E-state index contributed by atoms with van der Waals surface area (Å²) in [5.74, 6) is 5.55. The van der Waals surface area contributed by atoms with Crippen molar-refractivity contribution < 1.29 is 4.92 Å². The van der Waals surface area contributed by atoms with Gasteiger partial charge >= 0.3 is 0 Å². The van der Waals surface area contributed by atoms with Gasteiger partial charge in [0, 0.05) is 5.56 Å². The Labute approximate surface area is 89.6 Å². The van der Waals surface area contributed by atoms with E-state index in [1.54, 1.807) is 13.0 Å². The van der Waals surface area contributed by atoms with Crippen molar-refractivity contribution in [2.24, 2.45) is 0 Å². The van der Waals surface area contributed by atoms with Gasteiger partial charge in [-0.05, 0) is 18.9 Å². The van der Waals surface area contributed by atoms with Crippen LogP contribution >= 0.6 is 15.9 Å². The van der Waals surface area contributed by atoms with E-state index >= 15 is 0 Å². The first kappa shape index (κ1) is 10.7. The number of hydrogen-bond acceptors (Lipinski definition) is 3. The predicted molar refractivity (Wildman–Crippen MR) is 56.3 cm³/mol. The topological polar surface area (TPSA) is 56.0 Å². The summed E-state index contributed by atoms with van der Waals surface area (Å²) in [7, 11) is 0. The summed E-state index contributed by atoms with van der Waals surface area (Å²) >= 11 is 3.15. The van der Waals surface area contributed by atoms with Crippen LogP contribution in [-0.2, 0) is 0 Å². The van der Waals surface area contributed by atoms with E-state index in [1.165, 1.54) is 6.20 Å². The van der Waals surface area contributed by atoms with Crippen LogP contribution in [0.2, 0.25) is 0 Å². The van der Waals surface area contributed by atoms with Crippen molar-refractivity contribution in [1.29, 1.82) is 0 Å². The maximum Gasteiger partial charge on any atom is 0.290 e. The Kier molecular flexibility index (Phi) is 3.60. The summed E-state index contributed by atoms with van der Waals surface area (Å²) in [5.41, 5.74) is 1.14. The molecule has 0 spiro atoms. The number of hydrogen-bond donors (Lipinski definition) is 0. The number of rotatable bonds is 1. The van der Waals surface area contributed by atoms with Gasteiger partial charge in [0.25, 0.3) is 5.69 Å². The molecule has 1 aromatic rings. The fourth-order valence-corrected chi connectivity index (χ4v) is 1.07.